The quantitative estimate of drug-likeness (QED) is 0.337. The SMILES string of the molecule is CCNC(=O)C(CC)N(Cc1ccc(Cl)cc1)C(=O)CN(c1ccc(C)cc1)S(=O)(=O)c1ccc(OC)cc1. The number of nitrogens with one attached hydrogen (secondary N) is 1. The highest BCUT2D eigenvalue weighted by atomic mass is 35.5. The first-order valence-electron chi connectivity index (χ1n) is 12.7. The van der Waals surface area contributed by atoms with Crippen LogP contribution in [0.3, 0.4) is 0 Å². The van der Waals surface area contributed by atoms with Crippen molar-refractivity contribution in [3.05, 3.63) is 88.9 Å². The first-order valence-corrected chi connectivity index (χ1v) is 14.5. The number of hydrogen-bond acceptors (Lipinski definition) is 5. The van der Waals surface area contributed by atoms with Crippen LogP contribution in [0.5, 0.6) is 5.75 Å². The van der Waals surface area contributed by atoms with Crippen molar-refractivity contribution < 1.29 is 22.7 Å². The van der Waals surface area contributed by atoms with Crippen LogP contribution in [0.1, 0.15) is 31.4 Å². The average molecular weight is 572 g/mol. The van der Waals surface area contributed by atoms with Gasteiger partial charge in [-0.3, -0.25) is 13.9 Å². The van der Waals surface area contributed by atoms with E-state index in [1.54, 1.807) is 67.6 Å². The molecule has 1 atom stereocenters. The van der Waals surface area contributed by atoms with Gasteiger partial charge >= 0.3 is 0 Å². The number of hydrogen-bond donors (Lipinski definition) is 1. The molecule has 208 valence electrons. The maximum atomic E-state index is 13.9. The Kier molecular flexibility index (Phi) is 10.4. The number of ether oxygens (including phenoxy) is 1. The van der Waals surface area contributed by atoms with E-state index in [0.29, 0.717) is 29.4 Å². The summed E-state index contributed by atoms with van der Waals surface area (Å²) in [5.41, 5.74) is 2.04. The van der Waals surface area contributed by atoms with E-state index in [0.717, 1.165) is 15.4 Å². The Morgan fingerprint density at radius 1 is 0.949 bits per heavy atom. The molecule has 0 aliphatic carbocycles. The minimum absolute atomic E-state index is 0.0108. The van der Waals surface area contributed by atoms with Crippen LogP contribution in [0, 0.1) is 6.92 Å². The summed E-state index contributed by atoms with van der Waals surface area (Å²) in [6, 6.07) is 19.0. The molecule has 1 N–H and O–H groups in total. The van der Waals surface area contributed by atoms with Gasteiger partial charge in [-0.1, -0.05) is 48.4 Å². The van der Waals surface area contributed by atoms with E-state index in [2.05, 4.69) is 5.32 Å². The van der Waals surface area contributed by atoms with Crippen molar-refractivity contribution in [2.24, 2.45) is 0 Å². The van der Waals surface area contributed by atoms with Gasteiger partial charge in [-0.25, -0.2) is 8.42 Å². The number of carbonyl (C=O) groups is 2. The van der Waals surface area contributed by atoms with Gasteiger partial charge in [0.2, 0.25) is 11.8 Å². The molecule has 0 saturated heterocycles. The summed E-state index contributed by atoms with van der Waals surface area (Å²) in [5, 5.41) is 3.33. The Hall–Kier alpha value is -3.56. The van der Waals surface area contributed by atoms with E-state index in [9.17, 15) is 18.0 Å². The molecule has 3 aromatic rings. The number of rotatable bonds is 12. The number of methoxy groups -OCH3 is 1. The fourth-order valence-corrected chi connectivity index (χ4v) is 5.65. The van der Waals surface area contributed by atoms with Crippen LogP contribution in [0.4, 0.5) is 5.69 Å². The number of likely N-dealkylation sites (N-methyl/N-ethyl adjacent to an activating group) is 1. The molecule has 0 heterocycles. The maximum Gasteiger partial charge on any atom is 0.264 e. The van der Waals surface area contributed by atoms with Crippen molar-refractivity contribution >= 4 is 39.1 Å². The number of nitrogens with zero attached hydrogens (tertiary/aromatic N) is 2. The van der Waals surface area contributed by atoms with E-state index in [-0.39, 0.29) is 17.3 Å². The molecule has 0 fully saturated rings. The smallest absolute Gasteiger partial charge is 0.264 e. The number of aryl methyl sites for hydroxylation is 1. The van der Waals surface area contributed by atoms with Gasteiger partial charge in [0.15, 0.2) is 0 Å². The lowest BCUT2D eigenvalue weighted by molar-refractivity contribution is -0.140. The molecular formula is C29H34ClN3O5S. The van der Waals surface area contributed by atoms with Gasteiger partial charge in [0.25, 0.3) is 10.0 Å². The molecule has 2 amide bonds. The molecule has 39 heavy (non-hydrogen) atoms. The largest absolute Gasteiger partial charge is 0.497 e. The molecule has 10 heteroatoms. The molecule has 0 radical (unpaired) electrons. The number of halogens is 1. The zero-order valence-corrected chi connectivity index (χ0v) is 24.1. The average Bonchev–Trinajstić information content (AvgIpc) is 2.93. The fourth-order valence-electron chi connectivity index (χ4n) is 4.11. The van der Waals surface area contributed by atoms with Crippen molar-refractivity contribution in [3.63, 3.8) is 0 Å². The minimum Gasteiger partial charge on any atom is -0.497 e. The van der Waals surface area contributed by atoms with E-state index in [4.69, 9.17) is 16.3 Å². The van der Waals surface area contributed by atoms with Gasteiger partial charge in [0, 0.05) is 18.1 Å². The normalized spacial score (nSPS) is 11.9. The third kappa shape index (κ3) is 7.52. The van der Waals surface area contributed by atoms with Crippen LogP contribution in [0.25, 0.3) is 0 Å². The Morgan fingerprint density at radius 2 is 1.56 bits per heavy atom. The highest BCUT2D eigenvalue weighted by molar-refractivity contribution is 7.92. The standard InChI is InChI=1S/C29H34ClN3O5S/c1-5-27(29(35)31-6-2)32(19-22-9-11-23(30)12-10-22)28(34)20-33(24-13-7-21(3)8-14-24)39(36,37)26-17-15-25(38-4)16-18-26/h7-18,27H,5-6,19-20H2,1-4H3,(H,31,35). The molecule has 0 aliphatic rings. The van der Waals surface area contributed by atoms with Gasteiger partial charge in [0.1, 0.15) is 18.3 Å². The van der Waals surface area contributed by atoms with Crippen LogP contribution < -0.4 is 14.4 Å². The van der Waals surface area contributed by atoms with E-state index in [1.807, 2.05) is 13.8 Å². The van der Waals surface area contributed by atoms with Gasteiger partial charge in [0.05, 0.1) is 17.7 Å². The molecule has 0 saturated carbocycles. The Morgan fingerprint density at radius 3 is 2.10 bits per heavy atom. The lowest BCUT2D eigenvalue weighted by Crippen LogP contribution is -2.52. The summed E-state index contributed by atoms with van der Waals surface area (Å²) in [4.78, 5) is 28.4. The van der Waals surface area contributed by atoms with E-state index in [1.165, 1.54) is 24.1 Å². The number of carbonyl (C=O) groups excluding carboxylic acids is 2. The summed E-state index contributed by atoms with van der Waals surface area (Å²) in [7, 11) is -2.65. The molecule has 0 spiro atoms. The van der Waals surface area contributed by atoms with E-state index >= 15 is 0 Å². The van der Waals surface area contributed by atoms with Gasteiger partial charge in [-0.2, -0.15) is 0 Å². The number of amides is 2. The molecule has 0 aliphatic heterocycles. The molecule has 0 bridgehead atoms. The highest BCUT2D eigenvalue weighted by Gasteiger charge is 2.33. The zero-order chi connectivity index (χ0) is 28.6. The molecule has 8 nitrogen and oxygen atoms in total. The van der Waals surface area contributed by atoms with Crippen LogP contribution in [-0.4, -0.2) is 51.4 Å². The summed E-state index contributed by atoms with van der Waals surface area (Å²) in [6.45, 7) is 5.52. The third-order valence-corrected chi connectivity index (χ3v) is 8.29. The summed E-state index contributed by atoms with van der Waals surface area (Å²) in [5.74, 6) is -0.309. The van der Waals surface area contributed by atoms with Crippen LogP contribution in [0.15, 0.2) is 77.7 Å². The number of anilines is 1. The lowest BCUT2D eigenvalue weighted by Gasteiger charge is -2.33. The first kappa shape index (κ1) is 30.0. The van der Waals surface area contributed by atoms with Crippen molar-refractivity contribution in [1.82, 2.24) is 10.2 Å². The third-order valence-electron chi connectivity index (χ3n) is 6.25. The maximum absolute atomic E-state index is 13.9. The Balaban J connectivity index is 2.04. The predicted octanol–water partition coefficient (Wildman–Crippen LogP) is 4.80. The summed E-state index contributed by atoms with van der Waals surface area (Å²) in [6.07, 6.45) is 0.348. The zero-order valence-electron chi connectivity index (χ0n) is 22.6. The second-order valence-electron chi connectivity index (χ2n) is 8.99. The Bertz CT molecular complexity index is 1360. The van der Waals surface area contributed by atoms with Gasteiger partial charge < -0.3 is 15.0 Å². The number of sulfonamides is 1. The van der Waals surface area contributed by atoms with Crippen LogP contribution in [0.2, 0.25) is 5.02 Å². The second kappa shape index (κ2) is 13.5. The van der Waals surface area contributed by atoms with Crippen LogP contribution >= 0.6 is 11.6 Å². The highest BCUT2D eigenvalue weighted by Crippen LogP contribution is 2.26. The van der Waals surface area contributed by atoms with Crippen LogP contribution in [-0.2, 0) is 26.2 Å². The van der Waals surface area contributed by atoms with Crippen molar-refractivity contribution in [1.29, 1.82) is 0 Å². The molecule has 1 unspecified atom stereocenters. The van der Waals surface area contributed by atoms with Crippen molar-refractivity contribution in [2.75, 3.05) is 24.5 Å². The fraction of sp³-hybridized carbons (Fsp3) is 0.310. The summed E-state index contributed by atoms with van der Waals surface area (Å²) >= 11 is 6.04. The topological polar surface area (TPSA) is 96.0 Å². The molecular weight excluding hydrogens is 538 g/mol. The minimum atomic E-state index is -4.15. The summed E-state index contributed by atoms with van der Waals surface area (Å²) < 4.78 is 34.0. The lowest BCUT2D eigenvalue weighted by atomic mass is 10.1. The predicted molar refractivity (Wildman–Crippen MR) is 153 cm³/mol. The van der Waals surface area contributed by atoms with Gasteiger partial charge in [-0.15, -0.1) is 0 Å². The first-order chi connectivity index (χ1) is 18.6. The van der Waals surface area contributed by atoms with Gasteiger partial charge in [-0.05, 0) is 74.4 Å². The molecule has 3 rings (SSSR count). The van der Waals surface area contributed by atoms with Crippen molar-refractivity contribution in [3.8, 4) is 5.75 Å². The monoisotopic (exact) mass is 571 g/mol. The van der Waals surface area contributed by atoms with Crippen molar-refractivity contribution in [2.45, 2.75) is 44.7 Å². The Labute approximate surface area is 235 Å². The molecule has 3 aromatic carbocycles. The second-order valence-corrected chi connectivity index (χ2v) is 11.3. The van der Waals surface area contributed by atoms with E-state index < -0.39 is 28.5 Å². The molecule has 0 aromatic heterocycles. The number of benzene rings is 3.